The summed E-state index contributed by atoms with van der Waals surface area (Å²) >= 11 is 0. The molecule has 1 fully saturated rings. The standard InChI is InChI=1S/C22H25N5/c23-19-20(24)25-16-26-21(19)27-13-7-12-22(27,14-17-8-3-1-4-9-17)15-18-10-5-2-6-11-18/h1-6,8-11,16H,7,12-15,23H2,(H2,24,25,26). The molecular formula is C22H25N5. The molecule has 4 N–H and O–H groups in total. The molecule has 4 rings (SSSR count). The van der Waals surface area contributed by atoms with Crippen molar-refractivity contribution in [2.45, 2.75) is 31.2 Å². The van der Waals surface area contributed by atoms with Crippen molar-refractivity contribution in [3.05, 3.63) is 78.1 Å². The second-order valence-electron chi connectivity index (χ2n) is 7.30. The van der Waals surface area contributed by atoms with Gasteiger partial charge in [0.25, 0.3) is 0 Å². The fourth-order valence-electron chi connectivity index (χ4n) is 4.27. The zero-order chi connectivity index (χ0) is 18.7. The molecule has 2 aromatic carbocycles. The second kappa shape index (κ2) is 7.27. The van der Waals surface area contributed by atoms with E-state index in [0.717, 1.165) is 38.0 Å². The molecule has 0 bridgehead atoms. The summed E-state index contributed by atoms with van der Waals surface area (Å²) < 4.78 is 0. The van der Waals surface area contributed by atoms with Crippen molar-refractivity contribution in [2.75, 3.05) is 22.9 Å². The second-order valence-corrected chi connectivity index (χ2v) is 7.30. The predicted molar refractivity (Wildman–Crippen MR) is 110 cm³/mol. The summed E-state index contributed by atoms with van der Waals surface area (Å²) in [6, 6.07) is 21.3. The Balaban J connectivity index is 1.77. The van der Waals surface area contributed by atoms with E-state index in [2.05, 4.69) is 75.5 Å². The summed E-state index contributed by atoms with van der Waals surface area (Å²) in [5, 5.41) is 0. The normalized spacial score (nSPS) is 15.8. The van der Waals surface area contributed by atoms with Crippen molar-refractivity contribution < 1.29 is 0 Å². The Hall–Kier alpha value is -3.08. The SMILES string of the molecule is Nc1ncnc(N2CCCC2(Cc2ccccc2)Cc2ccccc2)c1N. The number of nitrogen functional groups attached to an aromatic ring is 2. The molecule has 0 atom stereocenters. The van der Waals surface area contributed by atoms with E-state index in [1.54, 1.807) is 0 Å². The van der Waals surface area contributed by atoms with Gasteiger partial charge in [0.2, 0.25) is 0 Å². The van der Waals surface area contributed by atoms with Crippen molar-refractivity contribution in [1.29, 1.82) is 0 Å². The van der Waals surface area contributed by atoms with E-state index in [4.69, 9.17) is 11.5 Å². The molecule has 0 radical (unpaired) electrons. The zero-order valence-corrected chi connectivity index (χ0v) is 15.4. The van der Waals surface area contributed by atoms with E-state index < -0.39 is 0 Å². The number of rotatable bonds is 5. The third-order valence-corrected chi connectivity index (χ3v) is 5.50. The van der Waals surface area contributed by atoms with Crippen molar-refractivity contribution in [3.63, 3.8) is 0 Å². The molecule has 0 aliphatic carbocycles. The van der Waals surface area contributed by atoms with Crippen LogP contribution in [0.15, 0.2) is 67.0 Å². The van der Waals surface area contributed by atoms with Gasteiger partial charge in [-0.3, -0.25) is 0 Å². The molecule has 1 aliphatic rings. The molecule has 5 nitrogen and oxygen atoms in total. The highest BCUT2D eigenvalue weighted by Gasteiger charge is 2.42. The smallest absolute Gasteiger partial charge is 0.157 e. The Morgan fingerprint density at radius 3 is 2.04 bits per heavy atom. The molecule has 1 aromatic heterocycles. The van der Waals surface area contributed by atoms with Crippen LogP contribution in [0.3, 0.4) is 0 Å². The van der Waals surface area contributed by atoms with Crippen molar-refractivity contribution in [3.8, 4) is 0 Å². The molecule has 0 unspecified atom stereocenters. The average molecular weight is 359 g/mol. The van der Waals surface area contributed by atoms with Gasteiger partial charge >= 0.3 is 0 Å². The number of hydrogen-bond donors (Lipinski definition) is 2. The third kappa shape index (κ3) is 3.45. The van der Waals surface area contributed by atoms with Crippen LogP contribution in [-0.4, -0.2) is 22.1 Å². The van der Waals surface area contributed by atoms with Crippen LogP contribution in [0, 0.1) is 0 Å². The molecular weight excluding hydrogens is 334 g/mol. The van der Waals surface area contributed by atoms with Crippen molar-refractivity contribution in [1.82, 2.24) is 9.97 Å². The van der Waals surface area contributed by atoms with Crippen LogP contribution in [0.2, 0.25) is 0 Å². The Labute approximate surface area is 160 Å². The number of benzene rings is 2. The Morgan fingerprint density at radius 2 is 1.44 bits per heavy atom. The van der Waals surface area contributed by atoms with Crippen LogP contribution in [0.4, 0.5) is 17.3 Å². The molecule has 0 amide bonds. The number of nitrogens with zero attached hydrogens (tertiary/aromatic N) is 3. The van der Waals surface area contributed by atoms with Crippen LogP contribution >= 0.6 is 0 Å². The lowest BCUT2D eigenvalue weighted by Crippen LogP contribution is -2.48. The quantitative estimate of drug-likeness (QED) is 0.729. The lowest BCUT2D eigenvalue weighted by molar-refractivity contribution is 0.416. The first kappa shape index (κ1) is 17.3. The molecule has 1 aliphatic heterocycles. The topological polar surface area (TPSA) is 81.1 Å². The van der Waals surface area contributed by atoms with Gasteiger partial charge in [-0.2, -0.15) is 0 Å². The fraction of sp³-hybridized carbons (Fsp3) is 0.273. The minimum absolute atomic E-state index is 0.0857. The number of nitrogens with two attached hydrogens (primary N) is 2. The molecule has 5 heteroatoms. The molecule has 3 aromatic rings. The van der Waals surface area contributed by atoms with E-state index in [1.807, 2.05) is 0 Å². The van der Waals surface area contributed by atoms with Gasteiger partial charge in [-0.05, 0) is 36.8 Å². The van der Waals surface area contributed by atoms with Gasteiger partial charge < -0.3 is 16.4 Å². The van der Waals surface area contributed by atoms with E-state index in [9.17, 15) is 0 Å². The molecule has 0 saturated carbocycles. The maximum Gasteiger partial charge on any atom is 0.157 e. The van der Waals surface area contributed by atoms with Crippen LogP contribution < -0.4 is 16.4 Å². The first-order valence-electron chi connectivity index (χ1n) is 9.39. The van der Waals surface area contributed by atoms with Gasteiger partial charge in [-0.1, -0.05) is 60.7 Å². The number of anilines is 3. The third-order valence-electron chi connectivity index (χ3n) is 5.50. The highest BCUT2D eigenvalue weighted by molar-refractivity contribution is 5.74. The molecule has 138 valence electrons. The zero-order valence-electron chi connectivity index (χ0n) is 15.4. The van der Waals surface area contributed by atoms with Crippen LogP contribution in [0.25, 0.3) is 0 Å². The summed E-state index contributed by atoms with van der Waals surface area (Å²) in [5.41, 5.74) is 15.3. The highest BCUT2D eigenvalue weighted by atomic mass is 15.3. The molecule has 27 heavy (non-hydrogen) atoms. The van der Waals surface area contributed by atoms with Gasteiger partial charge in [0.15, 0.2) is 11.6 Å². The Morgan fingerprint density at radius 1 is 0.852 bits per heavy atom. The van der Waals surface area contributed by atoms with Gasteiger partial charge in [-0.25, -0.2) is 9.97 Å². The summed E-state index contributed by atoms with van der Waals surface area (Å²) in [7, 11) is 0. The lowest BCUT2D eigenvalue weighted by atomic mass is 9.82. The minimum Gasteiger partial charge on any atom is -0.393 e. The van der Waals surface area contributed by atoms with Crippen molar-refractivity contribution >= 4 is 17.3 Å². The van der Waals surface area contributed by atoms with Gasteiger partial charge in [0, 0.05) is 12.1 Å². The Bertz CT molecular complexity index is 854. The van der Waals surface area contributed by atoms with E-state index >= 15 is 0 Å². The molecule has 1 saturated heterocycles. The lowest BCUT2D eigenvalue weighted by Gasteiger charge is -2.40. The van der Waals surface area contributed by atoms with Crippen molar-refractivity contribution in [2.24, 2.45) is 0 Å². The molecule has 0 spiro atoms. The summed E-state index contributed by atoms with van der Waals surface area (Å²) in [6.45, 7) is 0.917. The van der Waals surface area contributed by atoms with E-state index in [-0.39, 0.29) is 5.54 Å². The van der Waals surface area contributed by atoms with E-state index in [1.165, 1.54) is 17.5 Å². The molecule has 2 heterocycles. The number of hydrogen-bond acceptors (Lipinski definition) is 5. The van der Waals surface area contributed by atoms with Gasteiger partial charge in [0.1, 0.15) is 12.0 Å². The van der Waals surface area contributed by atoms with Crippen LogP contribution in [-0.2, 0) is 12.8 Å². The summed E-state index contributed by atoms with van der Waals surface area (Å²) in [5.74, 6) is 1.10. The highest BCUT2D eigenvalue weighted by Crippen LogP contribution is 2.41. The monoisotopic (exact) mass is 359 g/mol. The van der Waals surface area contributed by atoms with Gasteiger partial charge in [-0.15, -0.1) is 0 Å². The largest absolute Gasteiger partial charge is 0.393 e. The Kier molecular flexibility index (Phi) is 4.67. The first-order chi connectivity index (χ1) is 13.2. The summed E-state index contributed by atoms with van der Waals surface area (Å²) in [4.78, 5) is 10.9. The maximum absolute atomic E-state index is 6.28. The first-order valence-corrected chi connectivity index (χ1v) is 9.39. The van der Waals surface area contributed by atoms with E-state index in [0.29, 0.717) is 11.5 Å². The van der Waals surface area contributed by atoms with Crippen LogP contribution in [0.1, 0.15) is 24.0 Å². The number of aromatic nitrogens is 2. The summed E-state index contributed by atoms with van der Waals surface area (Å²) in [6.07, 6.45) is 5.57. The minimum atomic E-state index is -0.0857. The van der Waals surface area contributed by atoms with Crippen LogP contribution in [0.5, 0.6) is 0 Å². The maximum atomic E-state index is 6.28. The fourth-order valence-corrected chi connectivity index (χ4v) is 4.27. The predicted octanol–water partition coefficient (Wildman–Crippen LogP) is 3.47. The van der Waals surface area contributed by atoms with Gasteiger partial charge in [0.05, 0.1) is 0 Å². The average Bonchev–Trinajstić information content (AvgIpc) is 3.08.